The van der Waals surface area contributed by atoms with Crippen LogP contribution in [0, 0.1) is 5.92 Å². The van der Waals surface area contributed by atoms with Crippen molar-refractivity contribution in [2.24, 2.45) is 5.92 Å². The minimum atomic E-state index is -1.01. The quantitative estimate of drug-likeness (QED) is 0.176. The lowest BCUT2D eigenvalue weighted by Crippen LogP contribution is -2.48. The fourth-order valence-electron chi connectivity index (χ4n) is 7.65. The van der Waals surface area contributed by atoms with Gasteiger partial charge in [0.1, 0.15) is 6.61 Å². The van der Waals surface area contributed by atoms with Crippen molar-refractivity contribution in [3.8, 4) is 11.1 Å². The molecule has 48 heavy (non-hydrogen) atoms. The second-order valence-electron chi connectivity index (χ2n) is 13.2. The van der Waals surface area contributed by atoms with Crippen molar-refractivity contribution in [3.63, 3.8) is 0 Å². The topological polar surface area (TPSA) is 87.2 Å². The molecule has 2 aliphatic carbocycles. The van der Waals surface area contributed by atoms with Gasteiger partial charge in [-0.15, -0.1) is 0 Å². The highest BCUT2D eigenvalue weighted by Crippen LogP contribution is 2.47. The summed E-state index contributed by atoms with van der Waals surface area (Å²) >= 11 is 6.16. The Morgan fingerprint density at radius 2 is 1.40 bits per heavy atom. The molecule has 0 spiro atoms. The van der Waals surface area contributed by atoms with Crippen LogP contribution < -0.4 is 0 Å². The lowest BCUT2D eigenvalue weighted by Gasteiger charge is -2.34. The molecule has 0 bridgehead atoms. The molecular formula is C40H41ClN2O5. The van der Waals surface area contributed by atoms with Gasteiger partial charge >= 0.3 is 12.1 Å². The number of amides is 2. The van der Waals surface area contributed by atoms with Gasteiger partial charge in [-0.2, -0.15) is 0 Å². The summed E-state index contributed by atoms with van der Waals surface area (Å²) in [5, 5.41) is 10.5. The third-order valence-corrected chi connectivity index (χ3v) is 10.4. The van der Waals surface area contributed by atoms with Crippen LogP contribution >= 0.6 is 11.6 Å². The van der Waals surface area contributed by atoms with Crippen LogP contribution in [0.4, 0.5) is 4.79 Å². The second kappa shape index (κ2) is 14.2. The number of benzene rings is 4. The number of nitrogens with zero attached hydrogens (tertiary/aromatic N) is 2. The summed E-state index contributed by atoms with van der Waals surface area (Å²) in [5.74, 6) is -2.02. The zero-order valence-electron chi connectivity index (χ0n) is 27.5. The monoisotopic (exact) mass is 664 g/mol. The standard InChI is InChI=1S/C40H41ClN2O5/c1-25-20-35(30-11-5-4-10-29(25)30)36(22-38(44)45)39(46)42(2)23-28(21-26-16-18-27(41)19-17-26)43(3)40(47)48-24-37-33-14-8-6-12-31(33)32-13-7-9-15-34(32)37/h4-19,25,28,35-37H,20-24H2,1-3H3,(H,44,45)/t25-,28+,35-,36-/m0/s1. The van der Waals surface area contributed by atoms with Crippen molar-refractivity contribution in [2.45, 2.75) is 50.0 Å². The molecule has 0 radical (unpaired) electrons. The van der Waals surface area contributed by atoms with E-state index in [2.05, 4.69) is 37.3 Å². The van der Waals surface area contributed by atoms with Crippen LogP contribution in [0.5, 0.6) is 0 Å². The number of fused-ring (bicyclic) bond motifs is 4. The van der Waals surface area contributed by atoms with Crippen LogP contribution in [0.25, 0.3) is 11.1 Å². The van der Waals surface area contributed by atoms with Crippen LogP contribution in [-0.4, -0.2) is 66.2 Å². The largest absolute Gasteiger partial charge is 0.481 e. The molecule has 248 valence electrons. The van der Waals surface area contributed by atoms with Gasteiger partial charge in [0, 0.05) is 31.6 Å². The van der Waals surface area contributed by atoms with Crippen molar-refractivity contribution in [1.82, 2.24) is 9.80 Å². The molecule has 4 aromatic carbocycles. The highest BCUT2D eigenvalue weighted by Gasteiger charge is 2.40. The van der Waals surface area contributed by atoms with Crippen molar-refractivity contribution >= 4 is 29.6 Å². The van der Waals surface area contributed by atoms with Crippen LogP contribution in [0.15, 0.2) is 97.1 Å². The third-order valence-electron chi connectivity index (χ3n) is 10.1. The summed E-state index contributed by atoms with van der Waals surface area (Å²) in [4.78, 5) is 43.1. The first-order valence-electron chi connectivity index (χ1n) is 16.5. The number of halogens is 1. The Bertz CT molecular complexity index is 1760. The molecule has 4 atom stereocenters. The maximum absolute atomic E-state index is 14.2. The Kier molecular flexibility index (Phi) is 9.88. The minimum Gasteiger partial charge on any atom is -0.481 e. The Labute approximate surface area is 287 Å². The van der Waals surface area contributed by atoms with E-state index in [0.717, 1.165) is 33.4 Å². The molecule has 0 saturated heterocycles. The number of rotatable bonds is 11. The fourth-order valence-corrected chi connectivity index (χ4v) is 7.78. The van der Waals surface area contributed by atoms with E-state index in [4.69, 9.17) is 16.3 Å². The predicted octanol–water partition coefficient (Wildman–Crippen LogP) is 7.97. The van der Waals surface area contributed by atoms with Gasteiger partial charge in [-0.25, -0.2) is 4.79 Å². The minimum absolute atomic E-state index is 0.0813. The van der Waals surface area contributed by atoms with E-state index in [1.165, 1.54) is 5.56 Å². The van der Waals surface area contributed by atoms with E-state index in [1.54, 1.807) is 36.0 Å². The van der Waals surface area contributed by atoms with Gasteiger partial charge in [-0.1, -0.05) is 103 Å². The zero-order chi connectivity index (χ0) is 33.9. The van der Waals surface area contributed by atoms with E-state index < -0.39 is 24.0 Å². The van der Waals surface area contributed by atoms with Gasteiger partial charge in [0.15, 0.2) is 0 Å². The van der Waals surface area contributed by atoms with Crippen LogP contribution in [0.3, 0.4) is 0 Å². The zero-order valence-corrected chi connectivity index (χ0v) is 28.3. The molecule has 2 aliphatic rings. The molecule has 0 heterocycles. The Balaban J connectivity index is 1.21. The molecule has 0 aliphatic heterocycles. The molecule has 1 N–H and O–H groups in total. The van der Waals surface area contributed by atoms with Gasteiger partial charge < -0.3 is 19.6 Å². The number of ether oxygens (including phenoxy) is 1. The van der Waals surface area contributed by atoms with E-state index >= 15 is 0 Å². The van der Waals surface area contributed by atoms with Gasteiger partial charge in [0.2, 0.25) is 5.91 Å². The summed E-state index contributed by atoms with van der Waals surface area (Å²) in [6.07, 6.45) is 0.406. The van der Waals surface area contributed by atoms with Crippen molar-refractivity contribution in [2.75, 3.05) is 27.2 Å². The number of likely N-dealkylation sites (N-methyl/N-ethyl adjacent to an activating group) is 2. The molecule has 7 nitrogen and oxygen atoms in total. The lowest BCUT2D eigenvalue weighted by atomic mass is 9.83. The van der Waals surface area contributed by atoms with Crippen molar-refractivity contribution < 1.29 is 24.2 Å². The summed E-state index contributed by atoms with van der Waals surface area (Å²) < 4.78 is 6.00. The normalized spacial score (nSPS) is 17.5. The number of carboxylic acid groups (broad SMARTS) is 1. The number of hydrogen-bond donors (Lipinski definition) is 1. The Morgan fingerprint density at radius 3 is 2.00 bits per heavy atom. The molecule has 0 fully saturated rings. The van der Waals surface area contributed by atoms with Gasteiger partial charge in [-0.05, 0) is 75.8 Å². The summed E-state index contributed by atoms with van der Waals surface area (Å²) in [6, 6.07) is 31.4. The predicted molar refractivity (Wildman–Crippen MR) is 187 cm³/mol. The van der Waals surface area contributed by atoms with Crippen molar-refractivity contribution in [3.05, 3.63) is 130 Å². The Morgan fingerprint density at radius 1 is 0.833 bits per heavy atom. The van der Waals surface area contributed by atoms with Crippen LogP contribution in [-0.2, 0) is 20.7 Å². The maximum Gasteiger partial charge on any atom is 0.409 e. The molecule has 8 heteroatoms. The summed E-state index contributed by atoms with van der Waals surface area (Å²) in [5.41, 5.74) is 7.73. The highest BCUT2D eigenvalue weighted by molar-refractivity contribution is 6.30. The van der Waals surface area contributed by atoms with Gasteiger partial charge in [0.05, 0.1) is 18.4 Å². The number of aliphatic carboxylic acids is 1. The number of carbonyl (C=O) groups is 3. The van der Waals surface area contributed by atoms with E-state index in [9.17, 15) is 19.5 Å². The van der Waals surface area contributed by atoms with Gasteiger partial charge in [0.25, 0.3) is 0 Å². The molecule has 0 unspecified atom stereocenters. The van der Waals surface area contributed by atoms with Crippen LogP contribution in [0.1, 0.15) is 65.3 Å². The average Bonchev–Trinajstić information content (AvgIpc) is 3.60. The third kappa shape index (κ3) is 6.83. The lowest BCUT2D eigenvalue weighted by molar-refractivity contribution is -0.145. The molecular weight excluding hydrogens is 624 g/mol. The maximum atomic E-state index is 14.2. The first-order valence-corrected chi connectivity index (χ1v) is 16.9. The summed E-state index contributed by atoms with van der Waals surface area (Å²) in [6.45, 7) is 2.50. The highest BCUT2D eigenvalue weighted by atomic mass is 35.5. The first-order chi connectivity index (χ1) is 23.1. The fraction of sp³-hybridized carbons (Fsp3) is 0.325. The van der Waals surface area contributed by atoms with Crippen molar-refractivity contribution in [1.29, 1.82) is 0 Å². The molecule has 2 amide bonds. The summed E-state index contributed by atoms with van der Waals surface area (Å²) in [7, 11) is 3.39. The van der Waals surface area contributed by atoms with E-state index in [1.807, 2.05) is 54.6 Å². The number of carboxylic acids is 1. The SMILES string of the molecule is C[C@H]1C[C@H]([C@H](CC(=O)O)C(=O)N(C)C[C@@H](Cc2ccc(Cl)cc2)N(C)C(=O)OCC2c3ccccc3-c3ccccc32)c2ccccc21. The molecule has 4 aromatic rings. The Hall–Kier alpha value is -4.62. The number of hydrogen-bond acceptors (Lipinski definition) is 4. The molecule has 0 saturated carbocycles. The first kappa shape index (κ1) is 33.3. The van der Waals surface area contributed by atoms with E-state index in [0.29, 0.717) is 17.9 Å². The smallest absolute Gasteiger partial charge is 0.409 e. The van der Waals surface area contributed by atoms with Gasteiger partial charge in [-0.3, -0.25) is 9.59 Å². The van der Waals surface area contributed by atoms with E-state index in [-0.39, 0.29) is 43.2 Å². The van der Waals surface area contributed by atoms with Crippen LogP contribution in [0.2, 0.25) is 5.02 Å². The average molecular weight is 665 g/mol. The molecule has 6 rings (SSSR count). The second-order valence-corrected chi connectivity index (χ2v) is 13.6. The number of carbonyl (C=O) groups excluding carboxylic acids is 2. The molecule has 0 aromatic heterocycles.